The molecule has 0 radical (unpaired) electrons. The van der Waals surface area contributed by atoms with Gasteiger partial charge >= 0.3 is 12.4 Å². The molecule has 1 heterocycles. The predicted molar refractivity (Wildman–Crippen MR) is 70.6 cm³/mol. The normalized spacial score (nSPS) is 20.4. The predicted octanol–water partition coefficient (Wildman–Crippen LogP) is 4.44. The SMILES string of the molecule is FC(F)(F)C(c1ccc(CC2CCCNC2)cc1)C(F)(F)F. The Hall–Kier alpha value is -1.24. The van der Waals surface area contributed by atoms with E-state index in [1.54, 1.807) is 0 Å². The van der Waals surface area contributed by atoms with E-state index in [2.05, 4.69) is 5.32 Å². The van der Waals surface area contributed by atoms with Crippen molar-refractivity contribution in [3.8, 4) is 0 Å². The lowest BCUT2D eigenvalue weighted by Gasteiger charge is -2.24. The third-order valence-corrected chi connectivity index (χ3v) is 3.89. The lowest BCUT2D eigenvalue weighted by Crippen LogP contribution is -2.34. The van der Waals surface area contributed by atoms with Crippen LogP contribution in [0.2, 0.25) is 0 Å². The van der Waals surface area contributed by atoms with Gasteiger partial charge in [0.25, 0.3) is 0 Å². The van der Waals surface area contributed by atoms with Gasteiger partial charge in [-0.3, -0.25) is 0 Å². The molecule has 22 heavy (non-hydrogen) atoms. The van der Waals surface area contributed by atoms with Crippen molar-refractivity contribution in [3.05, 3.63) is 35.4 Å². The quantitative estimate of drug-likeness (QED) is 0.810. The molecule has 0 aliphatic carbocycles. The largest absolute Gasteiger partial charge is 0.404 e. The lowest BCUT2D eigenvalue weighted by molar-refractivity contribution is -0.253. The summed E-state index contributed by atoms with van der Waals surface area (Å²) in [5, 5.41) is 3.23. The van der Waals surface area contributed by atoms with Gasteiger partial charge < -0.3 is 5.32 Å². The van der Waals surface area contributed by atoms with Gasteiger partial charge in [-0.05, 0) is 49.4 Å². The van der Waals surface area contributed by atoms with Crippen molar-refractivity contribution in [2.45, 2.75) is 37.5 Å². The Morgan fingerprint density at radius 3 is 2.05 bits per heavy atom. The Morgan fingerprint density at radius 2 is 1.59 bits per heavy atom. The smallest absolute Gasteiger partial charge is 0.316 e. The highest BCUT2D eigenvalue weighted by atomic mass is 19.4. The van der Waals surface area contributed by atoms with E-state index in [9.17, 15) is 26.3 Å². The Labute approximate surface area is 124 Å². The van der Waals surface area contributed by atoms with Crippen molar-refractivity contribution in [1.82, 2.24) is 5.32 Å². The van der Waals surface area contributed by atoms with E-state index in [-0.39, 0.29) is 0 Å². The van der Waals surface area contributed by atoms with Crippen LogP contribution in [0.1, 0.15) is 29.9 Å². The summed E-state index contributed by atoms with van der Waals surface area (Å²) >= 11 is 0. The molecule has 0 saturated carbocycles. The molecular weight excluding hydrogens is 308 g/mol. The second-order valence-electron chi connectivity index (χ2n) is 5.67. The monoisotopic (exact) mass is 325 g/mol. The molecule has 1 atom stereocenters. The van der Waals surface area contributed by atoms with E-state index in [4.69, 9.17) is 0 Å². The van der Waals surface area contributed by atoms with Gasteiger partial charge in [0.1, 0.15) is 0 Å². The number of rotatable bonds is 3. The van der Waals surface area contributed by atoms with Gasteiger partial charge in [-0.2, -0.15) is 26.3 Å². The highest BCUT2D eigenvalue weighted by Gasteiger charge is 2.57. The minimum Gasteiger partial charge on any atom is -0.316 e. The molecule has 2 rings (SSSR count). The van der Waals surface area contributed by atoms with E-state index < -0.39 is 23.8 Å². The van der Waals surface area contributed by atoms with Gasteiger partial charge in [-0.1, -0.05) is 24.3 Å². The van der Waals surface area contributed by atoms with Crippen LogP contribution in [0.25, 0.3) is 0 Å². The molecule has 7 heteroatoms. The van der Waals surface area contributed by atoms with Crippen LogP contribution in [0.3, 0.4) is 0 Å². The van der Waals surface area contributed by atoms with Gasteiger partial charge in [0.2, 0.25) is 0 Å². The topological polar surface area (TPSA) is 12.0 Å². The zero-order chi connectivity index (χ0) is 16.4. The summed E-state index contributed by atoms with van der Waals surface area (Å²) in [5.41, 5.74) is 0.00562. The molecular formula is C15H17F6N. The second-order valence-corrected chi connectivity index (χ2v) is 5.67. The maximum atomic E-state index is 12.6. The Kier molecular flexibility index (Phi) is 5.04. The first-order valence-electron chi connectivity index (χ1n) is 7.11. The van der Waals surface area contributed by atoms with E-state index in [0.29, 0.717) is 12.3 Å². The molecule has 1 aliphatic rings. The first-order valence-corrected chi connectivity index (χ1v) is 7.11. The van der Waals surface area contributed by atoms with Gasteiger partial charge in [0, 0.05) is 0 Å². The van der Waals surface area contributed by atoms with Gasteiger partial charge in [-0.25, -0.2) is 0 Å². The number of nitrogens with one attached hydrogen (secondary N) is 1. The molecule has 1 unspecified atom stereocenters. The average Bonchev–Trinajstić information content (AvgIpc) is 2.39. The third kappa shape index (κ3) is 4.38. The van der Waals surface area contributed by atoms with Gasteiger partial charge in [0.05, 0.1) is 0 Å². The van der Waals surface area contributed by atoms with Crippen molar-refractivity contribution in [2.24, 2.45) is 5.92 Å². The summed E-state index contributed by atoms with van der Waals surface area (Å²) in [4.78, 5) is 0. The van der Waals surface area contributed by atoms with Crippen molar-refractivity contribution in [2.75, 3.05) is 13.1 Å². The minimum absolute atomic E-state index is 0.376. The summed E-state index contributed by atoms with van der Waals surface area (Å²) in [5.74, 6) is -3.05. The van der Waals surface area contributed by atoms with Crippen LogP contribution in [0.5, 0.6) is 0 Å². The molecule has 1 fully saturated rings. The zero-order valence-electron chi connectivity index (χ0n) is 11.8. The van der Waals surface area contributed by atoms with E-state index >= 15 is 0 Å². The standard InChI is InChI=1S/C15H17F6N/c16-14(17,18)13(15(19,20)21)12-5-3-10(4-6-12)8-11-2-1-7-22-9-11/h3-6,11,13,22H,1-2,7-9H2. The fourth-order valence-corrected chi connectivity index (χ4v) is 2.84. The number of piperidine rings is 1. The number of halogens is 6. The van der Waals surface area contributed by atoms with Crippen LogP contribution in [-0.2, 0) is 6.42 Å². The molecule has 0 spiro atoms. The van der Waals surface area contributed by atoms with E-state index in [1.165, 1.54) is 12.1 Å². The second kappa shape index (κ2) is 6.48. The minimum atomic E-state index is -5.34. The van der Waals surface area contributed by atoms with Crippen LogP contribution >= 0.6 is 0 Å². The summed E-state index contributed by atoms with van der Waals surface area (Å²) in [6.45, 7) is 1.78. The first-order chi connectivity index (χ1) is 10.2. The number of hydrogen-bond donors (Lipinski definition) is 1. The van der Waals surface area contributed by atoms with E-state index in [0.717, 1.165) is 43.6 Å². The van der Waals surface area contributed by atoms with Gasteiger partial charge in [-0.15, -0.1) is 0 Å². The lowest BCUT2D eigenvalue weighted by atomic mass is 9.90. The molecule has 0 amide bonds. The molecule has 1 aromatic rings. The number of alkyl halides is 6. The molecule has 0 bridgehead atoms. The molecule has 1 saturated heterocycles. The highest BCUT2D eigenvalue weighted by molar-refractivity contribution is 5.28. The molecule has 1 nitrogen and oxygen atoms in total. The molecule has 1 aromatic carbocycles. The fourth-order valence-electron chi connectivity index (χ4n) is 2.84. The summed E-state index contributed by atoms with van der Waals surface area (Å²) < 4.78 is 75.9. The average molecular weight is 325 g/mol. The van der Waals surface area contributed by atoms with Crippen molar-refractivity contribution in [1.29, 1.82) is 0 Å². The molecule has 1 N–H and O–H groups in total. The molecule has 124 valence electrons. The van der Waals surface area contributed by atoms with Crippen molar-refractivity contribution >= 4 is 0 Å². The first kappa shape index (κ1) is 17.1. The van der Waals surface area contributed by atoms with Crippen LogP contribution in [0, 0.1) is 5.92 Å². The van der Waals surface area contributed by atoms with Crippen molar-refractivity contribution in [3.63, 3.8) is 0 Å². The summed E-state index contributed by atoms with van der Waals surface area (Å²) in [6.07, 6.45) is -7.97. The Bertz CT molecular complexity index is 456. The number of hydrogen-bond acceptors (Lipinski definition) is 1. The highest BCUT2D eigenvalue weighted by Crippen LogP contribution is 2.46. The molecule has 0 aromatic heterocycles. The van der Waals surface area contributed by atoms with Crippen LogP contribution < -0.4 is 5.32 Å². The third-order valence-electron chi connectivity index (χ3n) is 3.89. The fraction of sp³-hybridized carbons (Fsp3) is 0.600. The van der Waals surface area contributed by atoms with Crippen LogP contribution in [0.15, 0.2) is 24.3 Å². The van der Waals surface area contributed by atoms with Crippen LogP contribution in [-0.4, -0.2) is 25.4 Å². The van der Waals surface area contributed by atoms with Gasteiger partial charge in [0.15, 0.2) is 5.92 Å². The zero-order valence-corrected chi connectivity index (χ0v) is 11.8. The summed E-state index contributed by atoms with van der Waals surface area (Å²) in [6, 6.07) is 4.62. The maximum absolute atomic E-state index is 12.6. The summed E-state index contributed by atoms with van der Waals surface area (Å²) in [7, 11) is 0. The Balaban J connectivity index is 2.12. The van der Waals surface area contributed by atoms with Crippen molar-refractivity contribution < 1.29 is 26.3 Å². The Morgan fingerprint density at radius 1 is 1.00 bits per heavy atom. The maximum Gasteiger partial charge on any atom is 0.404 e. The van der Waals surface area contributed by atoms with E-state index in [1.807, 2.05) is 0 Å². The number of benzene rings is 1. The van der Waals surface area contributed by atoms with Crippen LogP contribution in [0.4, 0.5) is 26.3 Å². The molecule has 1 aliphatic heterocycles.